The van der Waals surface area contributed by atoms with Gasteiger partial charge in [-0.25, -0.2) is 27.5 Å². The number of carbonyl (C=O) groups excluding carboxylic acids is 10. The zero-order valence-electron chi connectivity index (χ0n) is 92.8. The number of sulfonamides is 1. The minimum Gasteiger partial charge on any atom is -1.00 e. The van der Waals surface area contributed by atoms with E-state index in [1.54, 1.807) is 86.0 Å². The number of hydrogen-bond donors (Lipinski definition) is 10. The molecule has 51 heteroatoms. The molecule has 10 N–H and O–H groups in total. The van der Waals surface area contributed by atoms with Gasteiger partial charge in [-0.15, -0.1) is 0 Å². The first-order valence-electron chi connectivity index (χ1n) is 28.3. The second-order valence-electron chi connectivity index (χ2n) is 22.8. The van der Waals surface area contributed by atoms with Crippen LogP contribution in [-0.2, 0) is 44.0 Å². The third kappa shape index (κ3) is 50.6. The van der Waals surface area contributed by atoms with Crippen molar-refractivity contribution in [3.63, 3.8) is 0 Å². The van der Waals surface area contributed by atoms with E-state index in [1.807, 2.05) is 18.2 Å². The molecule has 3 atom stereocenters. The van der Waals surface area contributed by atoms with Crippen molar-refractivity contribution in [1.82, 2.24) is 66.9 Å². The summed E-state index contributed by atoms with van der Waals surface area (Å²) in [6.07, 6.45) is 6.26. The molecule has 0 bridgehead atoms. The number of fused-ring (bicyclic) bond motifs is 4. The number of carbonyl (C=O) groups is 10. The first-order valence-corrected chi connectivity index (χ1v) is 29.9. The summed E-state index contributed by atoms with van der Waals surface area (Å²) in [5.41, 5.74) is 0.925. The fraction of sp³-hybridized carbons (Fsp3) is 0.410. The van der Waals surface area contributed by atoms with Gasteiger partial charge in [0, 0.05) is 72.7 Å². The summed E-state index contributed by atoms with van der Waals surface area (Å²) in [7, 11) is 0.966. The summed E-state index contributed by atoms with van der Waals surface area (Å²) in [5.74, 6) is -0.882. The van der Waals surface area contributed by atoms with Crippen LogP contribution >= 0.6 is 0 Å². The Morgan fingerprint density at radius 1 is 0.473 bits per heavy atom. The average Bonchev–Trinajstić information content (AvgIpc) is 1.63. The van der Waals surface area contributed by atoms with Gasteiger partial charge in [-0.1, -0.05) is 33.8 Å². The van der Waals surface area contributed by atoms with Gasteiger partial charge >= 0.3 is 1150 Å². The maximum absolute atomic E-state index is 12.9. The van der Waals surface area contributed by atoms with Crippen molar-refractivity contribution in [2.45, 2.75) is 102 Å². The van der Waals surface area contributed by atoms with Crippen LogP contribution in [0.5, 0.6) is 17.2 Å². The van der Waals surface area contributed by atoms with Gasteiger partial charge in [0.15, 0.2) is 16.6 Å². The van der Waals surface area contributed by atoms with E-state index in [1.165, 1.54) is 43.6 Å². The number of urea groups is 3. The minimum absolute atomic E-state index is 0. The molecule has 1 aliphatic carbocycles. The van der Waals surface area contributed by atoms with E-state index in [4.69, 9.17) is 14.2 Å². The molecule has 13 amide bonds. The fourth-order valence-electron chi connectivity index (χ4n) is 11.6. The number of nitrogens with one attached hydrogen (secondary N) is 10. The largest absolute Gasteiger partial charge is 1.00 e. The first kappa shape index (κ1) is 172. The van der Waals surface area contributed by atoms with Gasteiger partial charge in [-0.3, -0.25) is 49.5 Å². The van der Waals surface area contributed by atoms with E-state index < -0.39 is 67.7 Å². The van der Waals surface area contributed by atoms with E-state index >= 15 is 0 Å². The second kappa shape index (κ2) is 87.0. The van der Waals surface area contributed by atoms with Crippen molar-refractivity contribution in [3.8, 4) is 17.2 Å². The molecule has 1 aromatic heterocycles. The molecule has 1 saturated carbocycles. The smallest absolute Gasteiger partial charge is 1.00 e. The predicted octanol–water partition coefficient (Wildman–Crippen LogP) is -60.7. The minimum atomic E-state index is -3.68. The van der Waals surface area contributed by atoms with E-state index in [0.717, 1.165) is 40.4 Å². The topological polar surface area (TPSA) is 366 Å². The monoisotopic (exact) mass is 2140 g/mol. The van der Waals surface area contributed by atoms with Crippen molar-refractivity contribution in [2.24, 2.45) is 0 Å². The van der Waals surface area contributed by atoms with Gasteiger partial charge in [-0.2, -0.15) is 0 Å². The van der Waals surface area contributed by atoms with Crippen LogP contribution in [0.3, 0.4) is 0 Å². The molecule has 7 aliphatic rings. The normalized spacial score (nSPS) is 17.2. The second-order valence-corrected chi connectivity index (χ2v) is 25.1. The molecule has 6 aliphatic heterocycles. The number of amides is 13. The Morgan fingerprint density at radius 2 is 0.804 bits per heavy atom. The summed E-state index contributed by atoms with van der Waals surface area (Å²) in [6.45, 7) is 3.45. The molecule has 0 spiro atoms. The Hall–Kier alpha value is 26.4. The molecule has 112 heavy (non-hydrogen) atoms. The molecule has 524 valence electrons. The molecule has 3 saturated heterocycles. The molecular formula is C61H97K22N13O15S. The van der Waals surface area contributed by atoms with Crippen LogP contribution in [0.2, 0.25) is 0 Å². The number of hydrogen-bond acceptors (Lipinski definition) is 16. The molecule has 3 unspecified atom stereocenters. The molecule has 12 rings (SSSR count). The zero-order valence-corrected chi connectivity index (χ0v) is 140. The van der Waals surface area contributed by atoms with Gasteiger partial charge in [0.25, 0.3) is 41.4 Å². The molecular weight excluding hydrogens is 2050 g/mol. The molecule has 0 radical (unpaired) electrons. The molecule has 4 aromatic carbocycles. The van der Waals surface area contributed by atoms with Crippen LogP contribution < -0.4 is 1190 Å². The van der Waals surface area contributed by atoms with Crippen molar-refractivity contribution >= 4 is 80.4 Å². The quantitative estimate of drug-likeness (QED) is 0.0271. The maximum atomic E-state index is 12.9. The fourth-order valence-corrected chi connectivity index (χ4v) is 12.4. The zero-order chi connectivity index (χ0) is 62.9. The molecule has 5 aromatic rings. The number of nitrogens with zero attached hydrogens (tertiary/aromatic N) is 3. The third-order valence-corrected chi connectivity index (χ3v) is 18.4. The van der Waals surface area contributed by atoms with Gasteiger partial charge in [-0.05, 0) is 122 Å². The maximum Gasteiger partial charge on any atom is 1.00 e. The summed E-state index contributed by atoms with van der Waals surface area (Å²) in [4.78, 5) is 132. The van der Waals surface area contributed by atoms with Gasteiger partial charge in [0.1, 0.15) is 17.2 Å². The standard InChI is InChI=1S/C23H21N5O5.C19H24N4O4.C17H22N4O6S.2CH4.22K.22H/c1-33-16-4-5-17-15(8-16)10-28(20(17)30)12-23(21(31)26-22(32)27-23)11-25-19(29)14-3-2-13-6-7-24-18(13)9-14;1-27-14-6-7-15-12(8-14)9-23(16(15)24)11-19(17(25)21-18(26)22-19)10-20-13-4-2-3-5-13;1-10(2)28(25,26)18-8-17(15(23)19-16(24)20-17)9-21-7-11-6-12(27-3)4-5-13(11)14(21)22;;;;;;;;;;;;;;;;;;;;;;;;;;;;;;;;;;;;;;;;;;;;;;/h2-9,24H,10-12H2,1H3,(H,25,29)(H2,26,27,31,32);6-8,13,20H,2-5,9-11H2,1H3,(H2,21,22,25,26);4-6,10,18H,7-9H2,1-3H3,(H2,19,20,23,24);2*1H4;;;;;;;;;;;;;;;;;;;;;;;;;;;;;;;;;;;;;;;;;;;;/q;;;;;22*+1;22*-1. The van der Waals surface area contributed by atoms with Crippen molar-refractivity contribution in [3.05, 3.63) is 124 Å². The number of benzene rings is 4. The Kier molecular flexibility index (Phi) is 133. The Bertz CT molecular complexity index is 3980. The van der Waals surface area contributed by atoms with E-state index in [9.17, 15) is 56.4 Å². The molecule has 7 heterocycles. The van der Waals surface area contributed by atoms with Crippen LogP contribution in [0.1, 0.15) is 144 Å². The van der Waals surface area contributed by atoms with Crippen LogP contribution in [-0.4, -0.2) is 176 Å². The number of rotatable bonds is 19. The first-order chi connectivity index (χ1) is 42.0. The number of imide groups is 3. The van der Waals surface area contributed by atoms with E-state index in [-0.39, 0.29) is 1250 Å². The Labute approximate surface area is 1630 Å². The van der Waals surface area contributed by atoms with Crippen LogP contribution in [0.25, 0.3) is 10.9 Å². The average molecular weight is 2140 g/mol. The van der Waals surface area contributed by atoms with Gasteiger partial charge < -0.3 is 91.9 Å². The number of aromatic amines is 1. The summed E-state index contributed by atoms with van der Waals surface area (Å²) in [6, 6.07) is 21.0. The van der Waals surface area contributed by atoms with Crippen LogP contribution in [0, 0.1) is 0 Å². The summed E-state index contributed by atoms with van der Waals surface area (Å²) < 4.78 is 42.2. The van der Waals surface area contributed by atoms with Crippen molar-refractivity contribution < 1.29 is 1230 Å². The Morgan fingerprint density at radius 3 is 1.12 bits per heavy atom. The van der Waals surface area contributed by atoms with Crippen LogP contribution in [0.15, 0.2) is 85.1 Å². The third-order valence-electron chi connectivity index (χ3n) is 16.6. The number of methoxy groups -OCH3 is 3. The number of ether oxygens (including phenoxy) is 3. The van der Waals surface area contributed by atoms with Gasteiger partial charge in [0.2, 0.25) is 10.0 Å². The summed E-state index contributed by atoms with van der Waals surface area (Å²) in [5, 5.41) is 20.9. The van der Waals surface area contributed by atoms with E-state index in [0.29, 0.717) is 58.6 Å². The number of aromatic nitrogens is 1. The number of H-pyrrole nitrogens is 1. The van der Waals surface area contributed by atoms with Crippen LogP contribution in [0.4, 0.5) is 14.4 Å². The van der Waals surface area contributed by atoms with Crippen molar-refractivity contribution in [2.75, 3.05) is 60.6 Å². The van der Waals surface area contributed by atoms with Gasteiger partial charge in [0.05, 0.1) is 52.8 Å². The molecule has 28 nitrogen and oxygen atoms in total. The predicted molar refractivity (Wildman–Crippen MR) is 352 cm³/mol. The van der Waals surface area contributed by atoms with E-state index in [2.05, 4.69) is 52.2 Å². The SMILES string of the molecule is C.C.COc1ccc2c(c1)CN(CC1(CNC(=O)c3ccc4cc[nH]c4c3)NC(=O)NC1=O)C2=O.COc1ccc2c(c1)CN(CC1(CNC3CCCC3)NC(=O)NC1=O)C2=O.COc1ccc2c(c1)CN(CC1(CNS(=O)(=O)C(C)C)NC(=O)NC1=O)C2=O.[H-].[H-].[H-].[H-].[H-].[H-].[H-].[H-].[H-].[H-].[H-].[H-].[H-].[H-].[H-].[H-].[H-].[H-].[H-].[H-].[H-].[H-].[K+].[K+].[K+].[K+].[K+].[K+].[K+].[K+].[K+].[K+].[K+].[K+].[K+].[K+].[K+].[K+].[K+].[K+].[K+].[K+].[K+].[K+]. The summed E-state index contributed by atoms with van der Waals surface area (Å²) >= 11 is 0. The van der Waals surface area contributed by atoms with Crippen molar-refractivity contribution in [1.29, 1.82) is 0 Å². The molecule has 4 fully saturated rings. The Balaban J connectivity index is -0.0000000258.